The van der Waals surface area contributed by atoms with Gasteiger partial charge >= 0.3 is 0 Å². The van der Waals surface area contributed by atoms with Crippen molar-refractivity contribution in [3.05, 3.63) is 53.5 Å². The lowest BCUT2D eigenvalue weighted by Gasteiger charge is -2.38. The molecule has 0 unspecified atom stereocenters. The summed E-state index contributed by atoms with van der Waals surface area (Å²) in [5.41, 5.74) is 5.42. The van der Waals surface area contributed by atoms with E-state index in [1.807, 2.05) is 6.07 Å². The van der Waals surface area contributed by atoms with Crippen LogP contribution in [0.25, 0.3) is 0 Å². The number of nitrogen functional groups attached to an aromatic ring is 1. The molecule has 4 N–H and O–H groups in total. The molecule has 0 spiro atoms. The number of nitrogens with one attached hydrogen (secondary N) is 1. The number of carbonyl (C=O) groups is 1. The molecule has 0 bridgehead atoms. The van der Waals surface area contributed by atoms with Gasteiger partial charge in [-0.15, -0.1) is 0 Å². The van der Waals surface area contributed by atoms with Crippen LogP contribution in [0.3, 0.4) is 0 Å². The van der Waals surface area contributed by atoms with E-state index in [2.05, 4.69) is 10.3 Å². The summed E-state index contributed by atoms with van der Waals surface area (Å²) in [4.78, 5) is 18.4. The molecule has 8 heteroatoms. The molecule has 1 aromatic heterocycles. The van der Waals surface area contributed by atoms with E-state index in [1.54, 1.807) is 18.3 Å². The van der Waals surface area contributed by atoms with E-state index in [0.29, 0.717) is 43.1 Å². The molecule has 2 aromatic rings. The van der Waals surface area contributed by atoms with Crippen LogP contribution in [-0.2, 0) is 17.9 Å². The van der Waals surface area contributed by atoms with Gasteiger partial charge in [-0.3, -0.25) is 4.79 Å². The highest BCUT2D eigenvalue weighted by atomic mass is 19.1. The maximum absolute atomic E-state index is 14.1. The van der Waals surface area contributed by atoms with Crippen LogP contribution in [0.4, 0.5) is 10.2 Å². The zero-order valence-electron chi connectivity index (χ0n) is 15.8. The van der Waals surface area contributed by atoms with Crippen molar-refractivity contribution in [1.82, 2.24) is 15.2 Å². The molecule has 150 valence electrons. The van der Waals surface area contributed by atoms with Crippen molar-refractivity contribution in [3.63, 3.8) is 0 Å². The number of aromatic nitrogens is 1. The number of piperidine rings is 1. The normalized spacial score (nSPS) is 19.7. The van der Waals surface area contributed by atoms with Crippen LogP contribution in [0.15, 0.2) is 36.5 Å². The molecule has 3 rings (SSSR count). The van der Waals surface area contributed by atoms with Crippen molar-refractivity contribution in [2.24, 2.45) is 0 Å². The molecule has 0 aliphatic carbocycles. The van der Waals surface area contributed by atoms with Crippen LogP contribution >= 0.6 is 0 Å². The zero-order valence-corrected chi connectivity index (χ0v) is 15.8. The molecule has 28 heavy (non-hydrogen) atoms. The molecule has 1 atom stereocenters. The highest BCUT2D eigenvalue weighted by Crippen LogP contribution is 2.26. The Hall–Kier alpha value is -2.71. The first-order chi connectivity index (χ1) is 13.4. The molecule has 0 radical (unpaired) electrons. The Labute approximate surface area is 163 Å². The molecular weight excluding hydrogens is 363 g/mol. The summed E-state index contributed by atoms with van der Waals surface area (Å²) in [6.45, 7) is 1.02. The minimum absolute atomic E-state index is 0.0806. The summed E-state index contributed by atoms with van der Waals surface area (Å²) >= 11 is 0. The third-order valence-electron chi connectivity index (χ3n) is 4.98. The summed E-state index contributed by atoms with van der Waals surface area (Å²) < 4.78 is 19.2. The quantitative estimate of drug-likeness (QED) is 0.664. The molecule has 1 aliphatic rings. The third-order valence-corrected chi connectivity index (χ3v) is 4.98. The lowest BCUT2D eigenvalue weighted by molar-refractivity contribution is -0.157. The van der Waals surface area contributed by atoms with Gasteiger partial charge in [0.1, 0.15) is 17.4 Å². The smallest absolute Gasteiger partial charge is 0.256 e. The standard InChI is InChI=1S/C20H25FN4O3/c1-28-16-5-6-17(21)15(10-16)12-25-9-3-7-20(27,19(25)26)13-23-11-14-4-2-8-24-18(14)22/h2,4-6,8,10,23,27H,3,7,9,11-13H2,1H3,(H2,22,24)/t20-/m0/s1. The number of aliphatic hydroxyl groups is 1. The number of carbonyl (C=O) groups excluding carboxylic acids is 1. The minimum atomic E-state index is -1.54. The number of rotatable bonds is 7. The van der Waals surface area contributed by atoms with Crippen molar-refractivity contribution in [2.45, 2.75) is 31.5 Å². The number of likely N-dealkylation sites (tertiary alicyclic amines) is 1. The van der Waals surface area contributed by atoms with Gasteiger partial charge in [-0.2, -0.15) is 0 Å². The average molecular weight is 388 g/mol. The molecule has 1 amide bonds. The molecule has 1 aromatic carbocycles. The first-order valence-corrected chi connectivity index (χ1v) is 9.17. The maximum atomic E-state index is 14.1. The third kappa shape index (κ3) is 4.40. The molecule has 0 saturated carbocycles. The Bertz CT molecular complexity index is 848. The largest absolute Gasteiger partial charge is 0.497 e. The lowest BCUT2D eigenvalue weighted by atomic mass is 9.91. The average Bonchev–Trinajstić information content (AvgIpc) is 2.69. The van der Waals surface area contributed by atoms with Crippen LogP contribution in [0.2, 0.25) is 0 Å². The van der Waals surface area contributed by atoms with Gasteiger partial charge < -0.3 is 25.8 Å². The van der Waals surface area contributed by atoms with E-state index in [1.165, 1.54) is 24.1 Å². The number of hydrogen-bond donors (Lipinski definition) is 3. The van der Waals surface area contributed by atoms with E-state index in [9.17, 15) is 14.3 Å². The Kier molecular flexibility index (Phi) is 6.11. The van der Waals surface area contributed by atoms with Crippen LogP contribution in [0.1, 0.15) is 24.0 Å². The van der Waals surface area contributed by atoms with Crippen LogP contribution in [-0.4, -0.2) is 46.7 Å². The second-order valence-corrected chi connectivity index (χ2v) is 6.97. The molecule has 1 aliphatic heterocycles. The summed E-state index contributed by atoms with van der Waals surface area (Å²) in [5, 5.41) is 14.0. The Morgan fingerprint density at radius 2 is 2.21 bits per heavy atom. The topological polar surface area (TPSA) is 101 Å². The van der Waals surface area contributed by atoms with Crippen LogP contribution < -0.4 is 15.8 Å². The van der Waals surface area contributed by atoms with Gasteiger partial charge in [0.25, 0.3) is 5.91 Å². The molecule has 2 heterocycles. The van der Waals surface area contributed by atoms with E-state index < -0.39 is 17.3 Å². The number of nitrogens with zero attached hydrogens (tertiary/aromatic N) is 2. The predicted octanol–water partition coefficient (Wildman–Crippen LogP) is 1.45. The second kappa shape index (κ2) is 8.53. The zero-order chi connectivity index (χ0) is 20.1. The van der Waals surface area contributed by atoms with Gasteiger partial charge in [0.15, 0.2) is 5.60 Å². The van der Waals surface area contributed by atoms with Crippen molar-refractivity contribution in [3.8, 4) is 5.75 Å². The molecule has 1 fully saturated rings. The van der Waals surface area contributed by atoms with Crippen LogP contribution in [0.5, 0.6) is 5.75 Å². The predicted molar refractivity (Wildman–Crippen MR) is 103 cm³/mol. The Morgan fingerprint density at radius 3 is 2.96 bits per heavy atom. The number of ether oxygens (including phenoxy) is 1. The van der Waals surface area contributed by atoms with Crippen LogP contribution in [0, 0.1) is 5.82 Å². The molecule has 1 saturated heterocycles. The SMILES string of the molecule is COc1ccc(F)c(CN2CCC[C@](O)(CNCc3cccnc3N)C2=O)c1. The number of halogens is 1. The summed E-state index contributed by atoms with van der Waals surface area (Å²) in [7, 11) is 1.50. The highest BCUT2D eigenvalue weighted by molar-refractivity contribution is 5.86. The molecular formula is C20H25FN4O3. The first kappa shape index (κ1) is 20.0. The summed E-state index contributed by atoms with van der Waals surface area (Å²) in [6.07, 6.45) is 2.58. The van der Waals surface area contributed by atoms with Gasteiger partial charge in [0, 0.05) is 43.5 Å². The van der Waals surface area contributed by atoms with E-state index in [4.69, 9.17) is 10.5 Å². The van der Waals surface area contributed by atoms with Gasteiger partial charge in [0.05, 0.1) is 7.11 Å². The van der Waals surface area contributed by atoms with Gasteiger partial charge in [-0.1, -0.05) is 6.07 Å². The van der Waals surface area contributed by atoms with Gasteiger partial charge in [-0.05, 0) is 37.1 Å². The Morgan fingerprint density at radius 1 is 1.39 bits per heavy atom. The lowest BCUT2D eigenvalue weighted by Crippen LogP contribution is -2.57. The van der Waals surface area contributed by atoms with Crippen molar-refractivity contribution >= 4 is 11.7 Å². The minimum Gasteiger partial charge on any atom is -0.497 e. The van der Waals surface area contributed by atoms with Gasteiger partial charge in [0.2, 0.25) is 0 Å². The first-order valence-electron chi connectivity index (χ1n) is 9.17. The summed E-state index contributed by atoms with van der Waals surface area (Å²) in [5.74, 6) is 0.111. The number of methoxy groups -OCH3 is 1. The maximum Gasteiger partial charge on any atom is 0.256 e. The Balaban J connectivity index is 1.65. The number of hydrogen-bond acceptors (Lipinski definition) is 6. The van der Waals surface area contributed by atoms with Crippen molar-refractivity contribution in [1.29, 1.82) is 0 Å². The highest BCUT2D eigenvalue weighted by Gasteiger charge is 2.41. The van der Waals surface area contributed by atoms with E-state index >= 15 is 0 Å². The number of benzene rings is 1. The number of anilines is 1. The fourth-order valence-electron chi connectivity index (χ4n) is 3.39. The number of amides is 1. The molecule has 7 nitrogen and oxygen atoms in total. The van der Waals surface area contributed by atoms with E-state index in [-0.39, 0.29) is 13.1 Å². The number of nitrogens with two attached hydrogens (primary N) is 1. The summed E-state index contributed by atoms with van der Waals surface area (Å²) in [6, 6.07) is 8.02. The fraction of sp³-hybridized carbons (Fsp3) is 0.400. The van der Waals surface area contributed by atoms with E-state index in [0.717, 1.165) is 5.56 Å². The number of pyridine rings is 1. The van der Waals surface area contributed by atoms with Crippen molar-refractivity contribution < 1.29 is 19.0 Å². The fourth-order valence-corrected chi connectivity index (χ4v) is 3.39. The second-order valence-electron chi connectivity index (χ2n) is 6.97. The van der Waals surface area contributed by atoms with Gasteiger partial charge in [-0.25, -0.2) is 9.37 Å². The monoisotopic (exact) mass is 388 g/mol. The van der Waals surface area contributed by atoms with Crippen molar-refractivity contribution in [2.75, 3.05) is 25.9 Å².